The first-order valence-electron chi connectivity index (χ1n) is 8.63. The molecule has 0 atom stereocenters. The first kappa shape index (κ1) is 17.1. The van der Waals surface area contributed by atoms with Gasteiger partial charge in [-0.05, 0) is 32.6 Å². The number of carbonyl (C=O) groups excluding carboxylic acids is 2. The molecule has 0 aromatic heterocycles. The maximum atomic E-state index is 11.9. The molecule has 2 fully saturated rings. The maximum absolute atomic E-state index is 11.9. The molecule has 2 aliphatic rings. The van der Waals surface area contributed by atoms with Crippen LogP contribution in [0.2, 0.25) is 0 Å². The van der Waals surface area contributed by atoms with Crippen LogP contribution in [0.25, 0.3) is 0 Å². The van der Waals surface area contributed by atoms with Crippen molar-refractivity contribution in [2.45, 2.75) is 64.0 Å². The lowest BCUT2D eigenvalue weighted by molar-refractivity contribution is -0.122. The average Bonchev–Trinajstić information content (AvgIpc) is 3.01. The second-order valence-corrected chi connectivity index (χ2v) is 6.21. The maximum Gasteiger partial charge on any atom is 0.409 e. The Balaban J connectivity index is 1.57. The zero-order valence-corrected chi connectivity index (χ0v) is 13.6. The Morgan fingerprint density at radius 3 is 2.41 bits per heavy atom. The lowest BCUT2D eigenvalue weighted by Crippen LogP contribution is -2.47. The van der Waals surface area contributed by atoms with Gasteiger partial charge in [-0.15, -0.1) is 0 Å². The van der Waals surface area contributed by atoms with E-state index in [1.54, 1.807) is 4.90 Å². The smallest absolute Gasteiger partial charge is 0.409 e. The van der Waals surface area contributed by atoms with Gasteiger partial charge in [-0.3, -0.25) is 4.79 Å². The minimum Gasteiger partial charge on any atom is -0.450 e. The highest BCUT2D eigenvalue weighted by Gasteiger charge is 2.24. The van der Waals surface area contributed by atoms with E-state index in [0.29, 0.717) is 32.2 Å². The largest absolute Gasteiger partial charge is 0.450 e. The molecule has 2 amide bonds. The van der Waals surface area contributed by atoms with Gasteiger partial charge < -0.3 is 20.3 Å². The number of nitrogens with one attached hydrogen (secondary N) is 2. The molecule has 0 aromatic carbocycles. The summed E-state index contributed by atoms with van der Waals surface area (Å²) >= 11 is 0. The van der Waals surface area contributed by atoms with Crippen LogP contribution >= 0.6 is 0 Å². The van der Waals surface area contributed by atoms with Crippen LogP contribution in [-0.4, -0.2) is 55.2 Å². The number of nitrogens with zero attached hydrogens (tertiary/aromatic N) is 1. The zero-order chi connectivity index (χ0) is 15.8. The Bertz CT molecular complexity index is 362. The molecule has 0 bridgehead atoms. The van der Waals surface area contributed by atoms with Crippen molar-refractivity contribution in [1.82, 2.24) is 15.5 Å². The summed E-state index contributed by atoms with van der Waals surface area (Å²) in [6, 6.07) is 0.797. The summed E-state index contributed by atoms with van der Waals surface area (Å²) in [6.45, 7) is 4.29. The van der Waals surface area contributed by atoms with Crippen molar-refractivity contribution < 1.29 is 14.3 Å². The molecule has 0 aromatic rings. The Morgan fingerprint density at radius 2 is 1.77 bits per heavy atom. The number of hydrogen-bond acceptors (Lipinski definition) is 4. The predicted octanol–water partition coefficient (Wildman–Crippen LogP) is 1.65. The van der Waals surface area contributed by atoms with E-state index in [2.05, 4.69) is 10.6 Å². The molecule has 6 nitrogen and oxygen atoms in total. The van der Waals surface area contributed by atoms with Crippen LogP contribution in [0.1, 0.15) is 51.9 Å². The fraction of sp³-hybridized carbons (Fsp3) is 0.875. The number of hydrogen-bond donors (Lipinski definition) is 2. The van der Waals surface area contributed by atoms with Crippen molar-refractivity contribution in [3.63, 3.8) is 0 Å². The van der Waals surface area contributed by atoms with Crippen LogP contribution in [0.5, 0.6) is 0 Å². The molecule has 0 spiro atoms. The molecule has 1 heterocycles. The van der Waals surface area contributed by atoms with Crippen LogP contribution in [-0.2, 0) is 9.53 Å². The molecular weight excluding hydrogens is 282 g/mol. The third-order valence-corrected chi connectivity index (χ3v) is 4.53. The SMILES string of the molecule is CCOC(=O)N1CCC(NC(=O)CCNC2CCCC2)CC1. The van der Waals surface area contributed by atoms with Gasteiger partial charge in [0.1, 0.15) is 0 Å². The van der Waals surface area contributed by atoms with Gasteiger partial charge in [-0.1, -0.05) is 12.8 Å². The van der Waals surface area contributed by atoms with Crippen LogP contribution in [0.3, 0.4) is 0 Å². The molecule has 1 saturated heterocycles. The Labute approximate surface area is 132 Å². The standard InChI is InChI=1S/C16H29N3O3/c1-2-22-16(21)19-11-8-14(9-12-19)18-15(20)7-10-17-13-5-3-4-6-13/h13-14,17H,2-12H2,1H3,(H,18,20). The summed E-state index contributed by atoms with van der Waals surface area (Å²) in [4.78, 5) is 25.3. The second-order valence-electron chi connectivity index (χ2n) is 6.21. The lowest BCUT2D eigenvalue weighted by Gasteiger charge is -2.31. The minimum atomic E-state index is -0.243. The zero-order valence-electron chi connectivity index (χ0n) is 13.6. The van der Waals surface area contributed by atoms with Crippen molar-refractivity contribution in [3.05, 3.63) is 0 Å². The number of carbonyl (C=O) groups is 2. The molecular formula is C16H29N3O3. The summed E-state index contributed by atoms with van der Waals surface area (Å²) < 4.78 is 4.99. The van der Waals surface area contributed by atoms with Gasteiger partial charge in [0.15, 0.2) is 0 Å². The van der Waals surface area contributed by atoms with Gasteiger partial charge >= 0.3 is 6.09 Å². The third kappa shape index (κ3) is 5.48. The van der Waals surface area contributed by atoms with E-state index in [1.807, 2.05) is 6.92 Å². The fourth-order valence-corrected chi connectivity index (χ4v) is 3.24. The highest BCUT2D eigenvalue weighted by Crippen LogP contribution is 2.17. The quantitative estimate of drug-likeness (QED) is 0.782. The summed E-state index contributed by atoms with van der Waals surface area (Å²) in [5.41, 5.74) is 0. The average molecular weight is 311 g/mol. The Hall–Kier alpha value is -1.30. The van der Waals surface area contributed by atoms with Crippen molar-refractivity contribution in [1.29, 1.82) is 0 Å². The number of likely N-dealkylation sites (tertiary alicyclic amines) is 1. The van der Waals surface area contributed by atoms with Gasteiger partial charge in [0, 0.05) is 38.1 Å². The van der Waals surface area contributed by atoms with Crippen LogP contribution < -0.4 is 10.6 Å². The van der Waals surface area contributed by atoms with Gasteiger partial charge in [-0.25, -0.2) is 4.79 Å². The number of piperidine rings is 1. The van der Waals surface area contributed by atoms with Crippen LogP contribution in [0, 0.1) is 0 Å². The van der Waals surface area contributed by atoms with Crippen molar-refractivity contribution in [3.8, 4) is 0 Å². The number of amides is 2. The van der Waals surface area contributed by atoms with E-state index >= 15 is 0 Å². The monoisotopic (exact) mass is 311 g/mol. The molecule has 126 valence electrons. The highest BCUT2D eigenvalue weighted by molar-refractivity contribution is 5.76. The Kier molecular flexibility index (Phi) is 6.96. The molecule has 0 unspecified atom stereocenters. The lowest BCUT2D eigenvalue weighted by atomic mass is 10.1. The summed E-state index contributed by atoms with van der Waals surface area (Å²) in [5, 5.41) is 6.53. The van der Waals surface area contributed by atoms with E-state index in [1.165, 1.54) is 25.7 Å². The molecule has 2 N–H and O–H groups in total. The summed E-state index contributed by atoms with van der Waals surface area (Å²) in [5.74, 6) is 0.111. The van der Waals surface area contributed by atoms with Crippen molar-refractivity contribution in [2.24, 2.45) is 0 Å². The van der Waals surface area contributed by atoms with E-state index in [9.17, 15) is 9.59 Å². The Morgan fingerprint density at radius 1 is 1.09 bits per heavy atom. The highest BCUT2D eigenvalue weighted by atomic mass is 16.6. The molecule has 1 aliphatic heterocycles. The topological polar surface area (TPSA) is 70.7 Å². The van der Waals surface area contributed by atoms with Gasteiger partial charge in [0.2, 0.25) is 5.91 Å². The molecule has 6 heteroatoms. The van der Waals surface area contributed by atoms with E-state index < -0.39 is 0 Å². The van der Waals surface area contributed by atoms with Crippen LogP contribution in [0.15, 0.2) is 0 Å². The van der Waals surface area contributed by atoms with Crippen molar-refractivity contribution >= 4 is 12.0 Å². The molecule has 0 radical (unpaired) electrons. The van der Waals surface area contributed by atoms with E-state index in [-0.39, 0.29) is 18.0 Å². The van der Waals surface area contributed by atoms with Gasteiger partial charge in [0.25, 0.3) is 0 Å². The molecule has 22 heavy (non-hydrogen) atoms. The molecule has 2 rings (SSSR count). The van der Waals surface area contributed by atoms with E-state index in [0.717, 1.165) is 19.4 Å². The minimum absolute atomic E-state index is 0.111. The van der Waals surface area contributed by atoms with Gasteiger partial charge in [0.05, 0.1) is 6.61 Å². The fourth-order valence-electron chi connectivity index (χ4n) is 3.24. The van der Waals surface area contributed by atoms with Crippen molar-refractivity contribution in [2.75, 3.05) is 26.2 Å². The third-order valence-electron chi connectivity index (χ3n) is 4.53. The second kappa shape index (κ2) is 8.98. The van der Waals surface area contributed by atoms with Crippen LogP contribution in [0.4, 0.5) is 4.79 Å². The number of rotatable bonds is 6. The molecule has 1 aliphatic carbocycles. The first-order valence-corrected chi connectivity index (χ1v) is 8.63. The molecule has 1 saturated carbocycles. The first-order chi connectivity index (χ1) is 10.7. The normalized spacial score (nSPS) is 20.1. The number of ether oxygens (including phenoxy) is 1. The summed E-state index contributed by atoms with van der Waals surface area (Å²) in [6.07, 6.45) is 7.01. The predicted molar refractivity (Wildman–Crippen MR) is 84.6 cm³/mol. The summed E-state index contributed by atoms with van der Waals surface area (Å²) in [7, 11) is 0. The van der Waals surface area contributed by atoms with E-state index in [4.69, 9.17) is 4.74 Å². The van der Waals surface area contributed by atoms with Gasteiger partial charge in [-0.2, -0.15) is 0 Å².